The van der Waals surface area contributed by atoms with Crippen molar-refractivity contribution in [2.45, 2.75) is 12.8 Å². The number of nitrogens with one attached hydrogen (secondary N) is 1. The molecule has 5 heteroatoms. The molecule has 1 atom stereocenters. The van der Waals surface area contributed by atoms with Crippen LogP contribution in [0.4, 0.5) is 0 Å². The van der Waals surface area contributed by atoms with Crippen LogP contribution in [0.25, 0.3) is 0 Å². The van der Waals surface area contributed by atoms with E-state index >= 15 is 0 Å². The van der Waals surface area contributed by atoms with Gasteiger partial charge < -0.3 is 15.3 Å². The lowest BCUT2D eigenvalue weighted by molar-refractivity contribution is -0.131. The van der Waals surface area contributed by atoms with Gasteiger partial charge in [0, 0.05) is 25.2 Å². The van der Waals surface area contributed by atoms with Crippen LogP contribution in [0, 0.1) is 5.92 Å². The van der Waals surface area contributed by atoms with Gasteiger partial charge in [0.05, 0.1) is 0 Å². The number of carboxylic acids is 1. The van der Waals surface area contributed by atoms with Crippen molar-refractivity contribution in [2.75, 3.05) is 26.7 Å². The van der Waals surface area contributed by atoms with Gasteiger partial charge in [0.15, 0.2) is 0 Å². The van der Waals surface area contributed by atoms with Crippen molar-refractivity contribution in [2.24, 2.45) is 5.92 Å². The van der Waals surface area contributed by atoms with Gasteiger partial charge >= 0.3 is 5.97 Å². The van der Waals surface area contributed by atoms with E-state index < -0.39 is 5.97 Å². The number of hydrogen-bond acceptors (Lipinski definition) is 3. The summed E-state index contributed by atoms with van der Waals surface area (Å²) in [5, 5.41) is 11.1. The Kier molecular flexibility index (Phi) is 4.98. The Balaban J connectivity index is 2.23. The van der Waals surface area contributed by atoms with Gasteiger partial charge in [0.25, 0.3) is 0 Å². The van der Waals surface area contributed by atoms with Crippen molar-refractivity contribution in [1.29, 1.82) is 0 Å². The third-order valence-corrected chi connectivity index (χ3v) is 2.66. The number of carbonyl (C=O) groups is 2. The van der Waals surface area contributed by atoms with Gasteiger partial charge in [-0.2, -0.15) is 0 Å². The highest BCUT2D eigenvalue weighted by Gasteiger charge is 2.17. The molecule has 1 unspecified atom stereocenters. The Labute approximate surface area is 95.1 Å². The predicted molar refractivity (Wildman–Crippen MR) is 60.0 cm³/mol. The molecule has 0 aromatic heterocycles. The lowest BCUT2D eigenvalue weighted by Crippen LogP contribution is -2.38. The highest BCUT2D eigenvalue weighted by Crippen LogP contribution is 2.13. The highest BCUT2D eigenvalue weighted by molar-refractivity contribution is 5.93. The Hall–Kier alpha value is -1.36. The maximum absolute atomic E-state index is 11.2. The summed E-state index contributed by atoms with van der Waals surface area (Å²) in [6.45, 7) is 2.72. The Morgan fingerprint density at radius 2 is 2.25 bits per heavy atom. The number of likely N-dealkylation sites (tertiary alicyclic amines) is 1. The summed E-state index contributed by atoms with van der Waals surface area (Å²) in [5.41, 5.74) is 0. The molecule has 1 amide bonds. The molecule has 0 saturated carbocycles. The quantitative estimate of drug-likeness (QED) is 0.666. The molecule has 0 radical (unpaired) electrons. The molecule has 0 aromatic rings. The molecule has 0 spiro atoms. The van der Waals surface area contributed by atoms with Crippen LogP contribution in [0.15, 0.2) is 12.2 Å². The molecule has 5 nitrogen and oxygen atoms in total. The maximum atomic E-state index is 11.2. The second kappa shape index (κ2) is 6.27. The van der Waals surface area contributed by atoms with Crippen LogP contribution in [0.1, 0.15) is 12.8 Å². The van der Waals surface area contributed by atoms with E-state index in [1.807, 2.05) is 0 Å². The number of rotatable bonds is 4. The lowest BCUT2D eigenvalue weighted by Gasteiger charge is -2.29. The van der Waals surface area contributed by atoms with Gasteiger partial charge in [0.1, 0.15) is 0 Å². The van der Waals surface area contributed by atoms with Gasteiger partial charge in [-0.3, -0.25) is 4.79 Å². The van der Waals surface area contributed by atoms with E-state index in [-0.39, 0.29) is 5.91 Å². The zero-order valence-electron chi connectivity index (χ0n) is 9.48. The number of piperidine rings is 1. The van der Waals surface area contributed by atoms with Crippen LogP contribution in [-0.4, -0.2) is 48.6 Å². The zero-order chi connectivity index (χ0) is 12.0. The van der Waals surface area contributed by atoms with Crippen molar-refractivity contribution in [1.82, 2.24) is 10.2 Å². The molecule has 1 fully saturated rings. The number of amides is 1. The summed E-state index contributed by atoms with van der Waals surface area (Å²) in [6.07, 6.45) is 4.17. The van der Waals surface area contributed by atoms with Crippen molar-refractivity contribution in [3.05, 3.63) is 12.2 Å². The van der Waals surface area contributed by atoms with Crippen LogP contribution in [0.5, 0.6) is 0 Å². The minimum atomic E-state index is -1.10. The Morgan fingerprint density at radius 1 is 1.50 bits per heavy atom. The first-order chi connectivity index (χ1) is 7.58. The number of carboxylic acid groups (broad SMARTS) is 1. The van der Waals surface area contributed by atoms with E-state index in [1.54, 1.807) is 0 Å². The average molecular weight is 226 g/mol. The van der Waals surface area contributed by atoms with E-state index in [2.05, 4.69) is 17.3 Å². The fourth-order valence-corrected chi connectivity index (χ4v) is 1.89. The molecule has 1 heterocycles. The van der Waals surface area contributed by atoms with E-state index in [0.717, 1.165) is 38.1 Å². The summed E-state index contributed by atoms with van der Waals surface area (Å²) >= 11 is 0. The van der Waals surface area contributed by atoms with Gasteiger partial charge in [-0.05, 0) is 32.4 Å². The van der Waals surface area contributed by atoms with Crippen molar-refractivity contribution in [3.8, 4) is 0 Å². The minimum absolute atomic E-state index is 0.337. The van der Waals surface area contributed by atoms with Gasteiger partial charge in [-0.1, -0.05) is 0 Å². The predicted octanol–water partition coefficient (Wildman–Crippen LogP) is 0.0852. The largest absolute Gasteiger partial charge is 0.478 e. The standard InChI is InChI=1S/C11H18N2O3/c1-13-6-2-3-9(8-13)7-12-10(14)4-5-11(15)16/h4-5,9H,2-3,6-8H2,1H3,(H,12,14)(H,15,16). The highest BCUT2D eigenvalue weighted by atomic mass is 16.4. The van der Waals surface area contributed by atoms with E-state index in [1.165, 1.54) is 0 Å². The number of nitrogens with zero attached hydrogens (tertiary/aromatic N) is 1. The molecule has 0 aromatic carbocycles. The molecule has 0 aliphatic carbocycles. The van der Waals surface area contributed by atoms with Gasteiger partial charge in [-0.15, -0.1) is 0 Å². The molecule has 1 aliphatic rings. The monoisotopic (exact) mass is 226 g/mol. The minimum Gasteiger partial charge on any atom is -0.478 e. The zero-order valence-corrected chi connectivity index (χ0v) is 9.48. The molecule has 1 rings (SSSR count). The molecular weight excluding hydrogens is 208 g/mol. The second-order valence-corrected chi connectivity index (χ2v) is 4.19. The van der Waals surface area contributed by atoms with Crippen molar-refractivity contribution < 1.29 is 14.7 Å². The third kappa shape index (κ3) is 4.93. The van der Waals surface area contributed by atoms with Crippen LogP contribution in [0.3, 0.4) is 0 Å². The van der Waals surface area contributed by atoms with Crippen LogP contribution in [0.2, 0.25) is 0 Å². The van der Waals surface area contributed by atoms with Crippen LogP contribution < -0.4 is 5.32 Å². The van der Waals surface area contributed by atoms with E-state index in [4.69, 9.17) is 5.11 Å². The first-order valence-corrected chi connectivity index (χ1v) is 5.45. The normalized spacial score (nSPS) is 22.2. The first kappa shape index (κ1) is 12.7. The summed E-state index contributed by atoms with van der Waals surface area (Å²) in [7, 11) is 2.07. The smallest absolute Gasteiger partial charge is 0.328 e. The number of carbonyl (C=O) groups excluding carboxylic acids is 1. The molecule has 0 bridgehead atoms. The molecule has 1 aliphatic heterocycles. The summed E-state index contributed by atoms with van der Waals surface area (Å²) in [5.74, 6) is -0.968. The molecule has 16 heavy (non-hydrogen) atoms. The van der Waals surface area contributed by atoms with Gasteiger partial charge in [-0.25, -0.2) is 4.79 Å². The fourth-order valence-electron chi connectivity index (χ4n) is 1.89. The second-order valence-electron chi connectivity index (χ2n) is 4.19. The summed E-state index contributed by atoms with van der Waals surface area (Å²) in [6, 6.07) is 0. The van der Waals surface area contributed by atoms with E-state index in [0.29, 0.717) is 12.5 Å². The van der Waals surface area contributed by atoms with E-state index in [9.17, 15) is 9.59 Å². The first-order valence-electron chi connectivity index (χ1n) is 5.45. The molecular formula is C11H18N2O3. The molecule has 90 valence electrons. The summed E-state index contributed by atoms with van der Waals surface area (Å²) < 4.78 is 0. The Morgan fingerprint density at radius 3 is 2.88 bits per heavy atom. The molecule has 1 saturated heterocycles. The number of hydrogen-bond donors (Lipinski definition) is 2. The maximum Gasteiger partial charge on any atom is 0.328 e. The molecule has 2 N–H and O–H groups in total. The lowest BCUT2D eigenvalue weighted by atomic mass is 9.98. The third-order valence-electron chi connectivity index (χ3n) is 2.66. The average Bonchev–Trinajstić information content (AvgIpc) is 2.23. The van der Waals surface area contributed by atoms with Crippen molar-refractivity contribution in [3.63, 3.8) is 0 Å². The Bertz CT molecular complexity index is 289. The SMILES string of the molecule is CN1CCCC(CNC(=O)C=CC(=O)O)C1. The topological polar surface area (TPSA) is 69.6 Å². The van der Waals surface area contributed by atoms with Crippen LogP contribution >= 0.6 is 0 Å². The van der Waals surface area contributed by atoms with Crippen LogP contribution in [-0.2, 0) is 9.59 Å². The van der Waals surface area contributed by atoms with Gasteiger partial charge in [0.2, 0.25) is 5.91 Å². The van der Waals surface area contributed by atoms with Crippen molar-refractivity contribution >= 4 is 11.9 Å². The number of aliphatic carboxylic acids is 1. The fraction of sp³-hybridized carbons (Fsp3) is 0.636. The summed E-state index contributed by atoms with van der Waals surface area (Å²) in [4.78, 5) is 23.6.